The fourth-order valence-corrected chi connectivity index (χ4v) is 9.75. The summed E-state index contributed by atoms with van der Waals surface area (Å²) in [5.74, 6) is 0. The van der Waals surface area contributed by atoms with Crippen molar-refractivity contribution < 1.29 is 28.0 Å². The van der Waals surface area contributed by atoms with Gasteiger partial charge < -0.3 is 0 Å². The molecule has 0 N–H and O–H groups in total. The quantitative estimate of drug-likeness (QED) is 0.332. The third-order valence-electron chi connectivity index (χ3n) is 6.64. The maximum atomic E-state index is 7.36. The molecule has 147 valence electrons. The number of rotatable bonds is 3. The van der Waals surface area contributed by atoms with Gasteiger partial charge in [-0.1, -0.05) is 23.3 Å². The summed E-state index contributed by atoms with van der Waals surface area (Å²) in [6.45, 7) is 7.32. The van der Waals surface area contributed by atoms with E-state index < -0.39 is 9.52 Å². The van der Waals surface area contributed by atoms with Crippen LogP contribution in [0.25, 0.3) is 0 Å². The van der Waals surface area contributed by atoms with E-state index in [1.165, 1.54) is 110 Å². The molecular formula is C22H31Cl2OSiZr. The summed E-state index contributed by atoms with van der Waals surface area (Å²) in [7, 11) is -0.776. The summed E-state index contributed by atoms with van der Waals surface area (Å²) in [5, 5.41) is 0. The predicted octanol–water partition coefficient (Wildman–Crippen LogP) is 6.17. The molecule has 0 aromatic rings. The van der Waals surface area contributed by atoms with E-state index in [4.69, 9.17) is 23.2 Å². The molecule has 0 heterocycles. The van der Waals surface area contributed by atoms with Gasteiger partial charge in [0, 0.05) is 0 Å². The molecule has 0 radical (unpaired) electrons. The molecule has 0 aliphatic heterocycles. The second-order valence-electron chi connectivity index (χ2n) is 8.29. The van der Waals surface area contributed by atoms with Crippen LogP contribution in [0.1, 0.15) is 72.1 Å². The summed E-state index contributed by atoms with van der Waals surface area (Å²) in [5.41, 5.74) is 8.88. The molecule has 0 aromatic carbocycles. The van der Waals surface area contributed by atoms with Crippen LogP contribution in [0.3, 0.4) is 0 Å². The summed E-state index contributed by atoms with van der Waals surface area (Å²) >= 11 is 15.9. The maximum absolute atomic E-state index is 7.36. The van der Waals surface area contributed by atoms with Crippen LogP contribution in [0.2, 0.25) is 0 Å². The van der Waals surface area contributed by atoms with Crippen molar-refractivity contribution in [2.75, 3.05) is 6.61 Å². The standard InChI is InChI=1S/C20H26Cl2Si.C2H5O.Zr/c1-13-11-15-7-3-5-9-17(15)19(13,21)23-20(22)14(2)12-16-8-4-6-10-18(16)20;1-2-3;/h11-12H,3-10,23H2,1-2H3;2H2,1H3;/q;-1;+1. The Bertz CT molecular complexity index is 664. The molecule has 2 atom stereocenters. The Kier molecular flexibility index (Phi) is 7.57. The van der Waals surface area contributed by atoms with Crippen LogP contribution in [-0.2, 0) is 28.0 Å². The molecule has 27 heavy (non-hydrogen) atoms. The summed E-state index contributed by atoms with van der Waals surface area (Å²) in [6, 6.07) is 0. The molecule has 2 unspecified atom stereocenters. The summed E-state index contributed by atoms with van der Waals surface area (Å²) in [4.78, 5) is 0. The molecule has 0 saturated heterocycles. The predicted molar refractivity (Wildman–Crippen MR) is 116 cm³/mol. The molecule has 4 aliphatic carbocycles. The van der Waals surface area contributed by atoms with Gasteiger partial charge in [-0.3, -0.25) is 0 Å². The first-order valence-electron chi connectivity index (χ1n) is 10.4. The van der Waals surface area contributed by atoms with E-state index in [-0.39, 0.29) is 8.99 Å². The zero-order valence-corrected chi connectivity index (χ0v) is 22.3. The van der Waals surface area contributed by atoms with Crippen LogP contribution in [0, 0.1) is 0 Å². The topological polar surface area (TPSA) is 9.23 Å². The van der Waals surface area contributed by atoms with Gasteiger partial charge in [-0.05, 0) is 87.5 Å². The monoisotopic (exact) mass is 499 g/mol. The Balaban J connectivity index is 0.000000481. The molecular weight excluding hydrogens is 470 g/mol. The van der Waals surface area contributed by atoms with Gasteiger partial charge in [-0.15, -0.1) is 23.2 Å². The molecule has 0 saturated carbocycles. The van der Waals surface area contributed by atoms with Gasteiger partial charge in [0.2, 0.25) is 0 Å². The van der Waals surface area contributed by atoms with Crippen LogP contribution >= 0.6 is 23.2 Å². The van der Waals surface area contributed by atoms with Crippen LogP contribution in [0.5, 0.6) is 0 Å². The average molecular weight is 502 g/mol. The zero-order valence-electron chi connectivity index (χ0n) is 16.9. The number of hydrogen-bond donors (Lipinski definition) is 0. The van der Waals surface area contributed by atoms with Crippen LogP contribution in [-0.4, -0.2) is 25.1 Å². The van der Waals surface area contributed by atoms with Crippen molar-refractivity contribution >= 4 is 32.7 Å². The molecule has 1 nitrogen and oxygen atoms in total. The van der Waals surface area contributed by atoms with Gasteiger partial charge in [-0.2, -0.15) is 0 Å². The molecule has 0 amide bonds. The van der Waals surface area contributed by atoms with E-state index in [9.17, 15) is 0 Å². The van der Waals surface area contributed by atoms with Crippen molar-refractivity contribution in [1.82, 2.24) is 0 Å². The molecule has 0 bridgehead atoms. The van der Waals surface area contributed by atoms with Gasteiger partial charge >= 0.3 is 41.5 Å². The van der Waals surface area contributed by atoms with E-state index in [0.717, 1.165) is 6.61 Å². The third-order valence-corrected chi connectivity index (χ3v) is 12.1. The van der Waals surface area contributed by atoms with Crippen molar-refractivity contribution in [1.29, 1.82) is 0 Å². The van der Waals surface area contributed by atoms with Gasteiger partial charge in [0.05, 0.1) is 18.5 Å². The Morgan fingerprint density at radius 2 is 1.26 bits per heavy atom. The van der Waals surface area contributed by atoms with Gasteiger partial charge in [0.15, 0.2) is 0 Å². The minimum atomic E-state index is -0.776. The van der Waals surface area contributed by atoms with E-state index in [2.05, 4.69) is 28.8 Å². The normalized spacial score (nSPS) is 32.9. The van der Waals surface area contributed by atoms with Gasteiger partial charge in [0.25, 0.3) is 0 Å². The zero-order chi connectivity index (χ0) is 19.7. The van der Waals surface area contributed by atoms with Gasteiger partial charge in [0.1, 0.15) is 0 Å². The van der Waals surface area contributed by atoms with Crippen molar-refractivity contribution in [3.05, 3.63) is 45.6 Å². The molecule has 5 heteroatoms. The van der Waals surface area contributed by atoms with Crippen LogP contribution in [0.4, 0.5) is 0 Å². The Hall–Kier alpha value is 0.600. The van der Waals surface area contributed by atoms with E-state index in [1.54, 1.807) is 0 Å². The van der Waals surface area contributed by atoms with E-state index in [0.29, 0.717) is 0 Å². The fraction of sp³-hybridized carbons (Fsp3) is 0.636. The Morgan fingerprint density at radius 3 is 1.63 bits per heavy atom. The SMILES string of the molecule is CC1=CC2=C(CCCC2)C1(Cl)[SiH2]C1(Cl)C(C)=CC2=C1CCCC2.CC[O][Zr]. The van der Waals surface area contributed by atoms with Crippen molar-refractivity contribution in [3.8, 4) is 0 Å². The second kappa shape index (κ2) is 9.17. The first-order chi connectivity index (χ1) is 12.9. The first kappa shape index (κ1) is 22.3. The summed E-state index contributed by atoms with van der Waals surface area (Å²) in [6.07, 6.45) is 14.8. The first-order valence-corrected chi connectivity index (χ1v) is 13.5. The third kappa shape index (κ3) is 4.24. The molecule has 0 spiro atoms. The van der Waals surface area contributed by atoms with Crippen molar-refractivity contribution in [3.63, 3.8) is 0 Å². The number of allylic oxidation sites excluding steroid dienone is 8. The minimum absolute atomic E-state index is 0.216. The fourth-order valence-electron chi connectivity index (χ4n) is 5.14. The number of halogens is 2. The van der Waals surface area contributed by atoms with E-state index in [1.807, 2.05) is 6.92 Å². The number of alkyl halides is 2. The molecule has 4 aliphatic rings. The van der Waals surface area contributed by atoms with Crippen molar-refractivity contribution in [2.24, 2.45) is 0 Å². The average Bonchev–Trinajstić information content (AvgIpc) is 3.06. The van der Waals surface area contributed by atoms with Crippen LogP contribution < -0.4 is 0 Å². The van der Waals surface area contributed by atoms with Crippen molar-refractivity contribution in [2.45, 2.75) is 81.1 Å². The van der Waals surface area contributed by atoms with Crippen LogP contribution in [0.15, 0.2) is 45.6 Å². The number of hydrogen-bond acceptors (Lipinski definition) is 1. The summed E-state index contributed by atoms with van der Waals surface area (Å²) < 4.78 is 4.20. The van der Waals surface area contributed by atoms with Gasteiger partial charge in [-0.25, -0.2) is 0 Å². The van der Waals surface area contributed by atoms with E-state index >= 15 is 0 Å². The molecule has 0 aromatic heterocycles. The Labute approximate surface area is 193 Å². The molecule has 0 fully saturated rings. The second-order valence-corrected chi connectivity index (χ2v) is 13.7. The Morgan fingerprint density at radius 1 is 0.889 bits per heavy atom. The molecule has 4 rings (SSSR count).